The second-order valence-corrected chi connectivity index (χ2v) is 10.3. The first kappa shape index (κ1) is 26.3. The second kappa shape index (κ2) is 12.5. The molecule has 0 aliphatic carbocycles. The smallest absolute Gasteiger partial charge is 0.303 e. The minimum Gasteiger partial charge on any atom is -0.497 e. The summed E-state index contributed by atoms with van der Waals surface area (Å²) < 4.78 is 35.4. The number of methoxy groups -OCH3 is 1. The molecular formula is C27H31F2N3O3S. The molecule has 1 aliphatic heterocycles. The molecule has 1 saturated heterocycles. The molecule has 3 heterocycles. The summed E-state index contributed by atoms with van der Waals surface area (Å²) in [7, 11) is 1.51. The summed E-state index contributed by atoms with van der Waals surface area (Å²) in [6, 6.07) is 10.8. The van der Waals surface area contributed by atoms with Crippen LogP contribution in [0.15, 0.2) is 53.8 Å². The predicted octanol–water partition coefficient (Wildman–Crippen LogP) is 5.77. The minimum absolute atomic E-state index is 0.00216. The highest BCUT2D eigenvalue weighted by molar-refractivity contribution is 7.99. The first-order valence-corrected chi connectivity index (χ1v) is 13.2. The van der Waals surface area contributed by atoms with E-state index in [1.807, 2.05) is 18.2 Å². The van der Waals surface area contributed by atoms with Crippen molar-refractivity contribution in [1.29, 1.82) is 0 Å². The van der Waals surface area contributed by atoms with Gasteiger partial charge in [0, 0.05) is 42.4 Å². The number of aromatic nitrogens is 2. The summed E-state index contributed by atoms with van der Waals surface area (Å²) in [6.45, 7) is 2.34. The number of rotatable bonds is 11. The number of carbonyl (C=O) groups is 1. The van der Waals surface area contributed by atoms with Gasteiger partial charge in [-0.3, -0.25) is 9.78 Å². The normalized spacial score (nSPS) is 19.3. The van der Waals surface area contributed by atoms with Crippen molar-refractivity contribution in [1.82, 2.24) is 14.9 Å². The van der Waals surface area contributed by atoms with Crippen LogP contribution >= 0.6 is 11.8 Å². The Morgan fingerprint density at radius 1 is 1.28 bits per heavy atom. The third-order valence-electron chi connectivity index (χ3n) is 6.88. The highest BCUT2D eigenvalue weighted by Gasteiger charge is 2.32. The van der Waals surface area contributed by atoms with Crippen LogP contribution in [0.3, 0.4) is 0 Å². The number of aliphatic carboxylic acids is 1. The fourth-order valence-corrected chi connectivity index (χ4v) is 5.89. The fraction of sp³-hybridized carbons (Fsp3) is 0.444. The molecule has 192 valence electrons. The number of piperidine rings is 1. The van der Waals surface area contributed by atoms with Crippen molar-refractivity contribution in [3.05, 3.63) is 60.2 Å². The predicted molar refractivity (Wildman–Crippen MR) is 137 cm³/mol. The van der Waals surface area contributed by atoms with E-state index < -0.39 is 18.0 Å². The third kappa shape index (κ3) is 6.70. The van der Waals surface area contributed by atoms with Gasteiger partial charge in [0.05, 0.1) is 23.8 Å². The van der Waals surface area contributed by atoms with E-state index in [1.54, 1.807) is 36.2 Å². The molecule has 1 fully saturated rings. The number of fused-ring (bicyclic) bond motifs is 1. The van der Waals surface area contributed by atoms with Crippen LogP contribution in [0.2, 0.25) is 0 Å². The number of pyridine rings is 2. The number of alkyl halides is 1. The summed E-state index contributed by atoms with van der Waals surface area (Å²) >= 11 is 1.68. The topological polar surface area (TPSA) is 75.5 Å². The molecule has 9 heteroatoms. The standard InChI is InChI=1S/C27H31F2N3O3S/c1-35-20-6-8-24-21(15-20)27(23(29)16-31-24)22(28)7-5-18-9-11-32(17-19(18)14-26(33)34)12-13-36-25-4-2-3-10-30-25/h2-4,6,8,10,15-16,18-19,22H,5,7,9,11-14,17H2,1H3,(H,33,34)/t18-,19+,22+/m1/s1. The van der Waals surface area contributed by atoms with Crippen molar-refractivity contribution in [2.45, 2.75) is 36.9 Å². The molecule has 3 atom stereocenters. The molecule has 1 N–H and O–H groups in total. The lowest BCUT2D eigenvalue weighted by Crippen LogP contribution is -2.42. The van der Waals surface area contributed by atoms with Crippen LogP contribution in [0.5, 0.6) is 5.75 Å². The Hall–Kier alpha value is -2.78. The fourth-order valence-electron chi connectivity index (χ4n) is 5.02. The molecule has 1 aromatic carbocycles. The third-order valence-corrected chi connectivity index (χ3v) is 7.80. The maximum Gasteiger partial charge on any atom is 0.303 e. The SMILES string of the molecule is COc1ccc2ncc(F)c([C@@H](F)CC[C@@H]3CCN(CCSc4ccccn4)C[C@@H]3CC(=O)O)c2c1. The van der Waals surface area contributed by atoms with E-state index in [4.69, 9.17) is 4.74 Å². The summed E-state index contributed by atoms with van der Waals surface area (Å²) in [5.41, 5.74) is 0.508. The second-order valence-electron chi connectivity index (χ2n) is 9.17. The molecule has 0 radical (unpaired) electrons. The van der Waals surface area contributed by atoms with Gasteiger partial charge in [0.15, 0.2) is 0 Å². The highest BCUT2D eigenvalue weighted by atomic mass is 32.2. The van der Waals surface area contributed by atoms with Crippen LogP contribution in [-0.2, 0) is 4.79 Å². The number of hydrogen-bond acceptors (Lipinski definition) is 6. The Labute approximate surface area is 214 Å². The van der Waals surface area contributed by atoms with E-state index in [1.165, 1.54) is 7.11 Å². The Morgan fingerprint density at radius 2 is 2.14 bits per heavy atom. The van der Waals surface area contributed by atoms with Gasteiger partial charge in [0.2, 0.25) is 0 Å². The molecule has 0 saturated carbocycles. The zero-order valence-corrected chi connectivity index (χ0v) is 21.1. The van der Waals surface area contributed by atoms with E-state index in [-0.39, 0.29) is 30.2 Å². The lowest BCUT2D eigenvalue weighted by Gasteiger charge is -2.38. The molecular weight excluding hydrogens is 484 g/mol. The van der Waals surface area contributed by atoms with Crippen molar-refractivity contribution in [3.63, 3.8) is 0 Å². The van der Waals surface area contributed by atoms with Gasteiger partial charge in [0.1, 0.15) is 17.7 Å². The van der Waals surface area contributed by atoms with Crippen LogP contribution < -0.4 is 4.74 Å². The number of carboxylic acids is 1. The summed E-state index contributed by atoms with van der Waals surface area (Å²) in [6.07, 6.45) is 2.80. The molecule has 6 nitrogen and oxygen atoms in total. The molecule has 0 unspecified atom stereocenters. The van der Waals surface area contributed by atoms with Gasteiger partial charge in [-0.15, -0.1) is 11.8 Å². The number of carboxylic acid groups (broad SMARTS) is 1. The average Bonchev–Trinajstić information content (AvgIpc) is 2.88. The van der Waals surface area contributed by atoms with Crippen molar-refractivity contribution < 1.29 is 23.4 Å². The molecule has 0 bridgehead atoms. The molecule has 0 spiro atoms. The average molecular weight is 516 g/mol. The maximum atomic E-state index is 15.5. The number of benzene rings is 1. The van der Waals surface area contributed by atoms with E-state index in [0.29, 0.717) is 29.6 Å². The lowest BCUT2D eigenvalue weighted by atomic mass is 9.79. The minimum atomic E-state index is -1.51. The zero-order chi connectivity index (χ0) is 25.5. The maximum absolute atomic E-state index is 15.5. The number of ether oxygens (including phenoxy) is 1. The van der Waals surface area contributed by atoms with E-state index >= 15 is 4.39 Å². The number of hydrogen-bond donors (Lipinski definition) is 1. The molecule has 2 aromatic heterocycles. The van der Waals surface area contributed by atoms with Crippen molar-refractivity contribution in [3.8, 4) is 5.75 Å². The van der Waals surface area contributed by atoms with Gasteiger partial charge in [-0.1, -0.05) is 6.07 Å². The first-order valence-electron chi connectivity index (χ1n) is 12.2. The van der Waals surface area contributed by atoms with E-state index in [2.05, 4.69) is 14.9 Å². The Kier molecular flexibility index (Phi) is 9.09. The zero-order valence-electron chi connectivity index (χ0n) is 20.3. The monoisotopic (exact) mass is 515 g/mol. The Bertz CT molecular complexity index is 1170. The van der Waals surface area contributed by atoms with Gasteiger partial charge >= 0.3 is 5.97 Å². The molecule has 0 amide bonds. The van der Waals surface area contributed by atoms with Crippen molar-refractivity contribution in [2.75, 3.05) is 32.5 Å². The lowest BCUT2D eigenvalue weighted by molar-refractivity contribution is -0.139. The van der Waals surface area contributed by atoms with E-state index in [9.17, 15) is 14.3 Å². The van der Waals surface area contributed by atoms with Crippen LogP contribution in [0.1, 0.15) is 37.4 Å². The number of halogens is 2. The molecule has 1 aliphatic rings. The quantitative estimate of drug-likeness (QED) is 0.325. The van der Waals surface area contributed by atoms with Crippen LogP contribution in [0.4, 0.5) is 8.78 Å². The van der Waals surface area contributed by atoms with Crippen LogP contribution in [0, 0.1) is 17.7 Å². The molecule has 36 heavy (non-hydrogen) atoms. The van der Waals surface area contributed by atoms with Crippen molar-refractivity contribution >= 4 is 28.6 Å². The Balaban J connectivity index is 1.38. The van der Waals surface area contributed by atoms with Crippen LogP contribution in [0.25, 0.3) is 10.9 Å². The Morgan fingerprint density at radius 3 is 2.89 bits per heavy atom. The molecule has 4 rings (SSSR count). The van der Waals surface area contributed by atoms with Crippen molar-refractivity contribution in [2.24, 2.45) is 11.8 Å². The van der Waals surface area contributed by atoms with Crippen LogP contribution in [-0.4, -0.2) is 58.4 Å². The molecule has 3 aromatic rings. The number of nitrogens with zero attached hydrogens (tertiary/aromatic N) is 3. The summed E-state index contributed by atoms with van der Waals surface area (Å²) in [4.78, 5) is 22.2. The number of thioether (sulfide) groups is 1. The van der Waals surface area contributed by atoms with Gasteiger partial charge in [-0.05, 0) is 68.0 Å². The summed E-state index contributed by atoms with van der Waals surface area (Å²) in [5.74, 6) is -0.132. The van der Waals surface area contributed by atoms with E-state index in [0.717, 1.165) is 36.5 Å². The number of likely N-dealkylation sites (tertiary alicyclic amines) is 1. The van der Waals surface area contributed by atoms with Gasteiger partial charge < -0.3 is 14.7 Å². The largest absolute Gasteiger partial charge is 0.497 e. The van der Waals surface area contributed by atoms with Gasteiger partial charge in [0.25, 0.3) is 0 Å². The first-order chi connectivity index (χ1) is 17.4. The highest BCUT2D eigenvalue weighted by Crippen LogP contribution is 2.37. The summed E-state index contributed by atoms with van der Waals surface area (Å²) in [5, 5.41) is 10.9. The van der Waals surface area contributed by atoms with Gasteiger partial charge in [-0.2, -0.15) is 0 Å². The van der Waals surface area contributed by atoms with Gasteiger partial charge in [-0.25, -0.2) is 13.8 Å².